The van der Waals surface area contributed by atoms with E-state index in [-0.39, 0.29) is 25.1 Å². The van der Waals surface area contributed by atoms with E-state index in [4.69, 9.17) is 5.11 Å². The second-order valence-electron chi connectivity index (χ2n) is 2.91. The smallest absolute Gasteiger partial charge is 0.333 e. The average Bonchev–Trinajstić information content (AvgIpc) is 2.97. The molecule has 1 saturated carbocycles. The molecule has 5 heteroatoms. The van der Waals surface area contributed by atoms with Crippen LogP contribution in [-0.4, -0.2) is 30.3 Å². The van der Waals surface area contributed by atoms with Gasteiger partial charge in [-0.2, -0.15) is 0 Å². The molecule has 1 aliphatic rings. The Morgan fingerprint density at radius 3 is 2.71 bits per heavy atom. The Hall–Kier alpha value is -1.36. The van der Waals surface area contributed by atoms with Gasteiger partial charge in [-0.3, -0.25) is 4.79 Å². The van der Waals surface area contributed by atoms with Crippen LogP contribution in [0.15, 0.2) is 12.3 Å². The van der Waals surface area contributed by atoms with Crippen molar-refractivity contribution in [1.82, 2.24) is 0 Å². The first-order valence-corrected chi connectivity index (χ1v) is 4.38. The third kappa shape index (κ3) is 4.04. The molecule has 1 rings (SSSR count). The first-order valence-electron chi connectivity index (χ1n) is 4.38. The third-order valence-electron chi connectivity index (χ3n) is 1.63. The summed E-state index contributed by atoms with van der Waals surface area (Å²) in [4.78, 5) is 21.7. The van der Waals surface area contributed by atoms with Gasteiger partial charge in [-0.1, -0.05) is 0 Å². The van der Waals surface area contributed by atoms with Crippen molar-refractivity contribution in [3.8, 4) is 0 Å². The lowest BCUT2D eigenvalue weighted by Crippen LogP contribution is -2.06. The maximum atomic E-state index is 10.9. The Morgan fingerprint density at radius 1 is 1.43 bits per heavy atom. The number of aliphatic hydroxyl groups is 1. The average molecular weight is 200 g/mol. The van der Waals surface area contributed by atoms with E-state index >= 15 is 0 Å². The van der Waals surface area contributed by atoms with E-state index in [0.29, 0.717) is 0 Å². The minimum absolute atomic E-state index is 0.00751. The minimum atomic E-state index is -0.636. The number of carbonyl (C=O) groups is 2. The molecule has 0 atom stereocenters. The highest BCUT2D eigenvalue weighted by Gasteiger charge is 2.30. The number of hydrogen-bond donors (Lipinski definition) is 1. The number of carbonyl (C=O) groups excluding carboxylic acids is 2. The van der Waals surface area contributed by atoms with E-state index < -0.39 is 5.97 Å². The quantitative estimate of drug-likeness (QED) is 0.384. The largest absolute Gasteiger partial charge is 0.460 e. The van der Waals surface area contributed by atoms with Gasteiger partial charge in [-0.25, -0.2) is 4.79 Å². The van der Waals surface area contributed by atoms with E-state index in [2.05, 4.69) is 9.47 Å². The molecular formula is C9H12O5. The van der Waals surface area contributed by atoms with E-state index in [0.717, 1.165) is 25.2 Å². The molecule has 0 aromatic rings. The summed E-state index contributed by atoms with van der Waals surface area (Å²) in [6.07, 6.45) is 3.75. The van der Waals surface area contributed by atoms with Gasteiger partial charge in [0.1, 0.15) is 12.9 Å². The highest BCUT2D eigenvalue weighted by atomic mass is 16.5. The molecule has 78 valence electrons. The Bertz CT molecular complexity index is 242. The van der Waals surface area contributed by atoms with E-state index in [1.165, 1.54) is 0 Å². The highest BCUT2D eigenvalue weighted by molar-refractivity contribution is 5.82. The van der Waals surface area contributed by atoms with Crippen LogP contribution in [0, 0.1) is 5.92 Å². The van der Waals surface area contributed by atoms with E-state index in [1.807, 2.05) is 0 Å². The maximum Gasteiger partial charge on any atom is 0.333 e. The van der Waals surface area contributed by atoms with Crippen molar-refractivity contribution in [3.63, 3.8) is 0 Å². The van der Waals surface area contributed by atoms with Gasteiger partial charge in [0, 0.05) is 0 Å². The second kappa shape index (κ2) is 5.39. The fourth-order valence-corrected chi connectivity index (χ4v) is 0.766. The van der Waals surface area contributed by atoms with Crippen LogP contribution < -0.4 is 0 Å². The van der Waals surface area contributed by atoms with Crippen LogP contribution in [0.3, 0.4) is 0 Å². The lowest BCUT2D eigenvalue weighted by Gasteiger charge is -1.97. The molecule has 0 radical (unpaired) electrons. The lowest BCUT2D eigenvalue weighted by atomic mass is 10.4. The van der Waals surface area contributed by atoms with Gasteiger partial charge in [-0.05, 0) is 12.8 Å². The fourth-order valence-electron chi connectivity index (χ4n) is 0.766. The molecule has 0 bridgehead atoms. The zero-order valence-electron chi connectivity index (χ0n) is 7.64. The van der Waals surface area contributed by atoms with Crippen LogP contribution in [0.1, 0.15) is 12.8 Å². The summed E-state index contributed by atoms with van der Waals surface area (Å²) >= 11 is 0. The van der Waals surface area contributed by atoms with Gasteiger partial charge >= 0.3 is 11.9 Å². The topological polar surface area (TPSA) is 72.8 Å². The fraction of sp³-hybridized carbons (Fsp3) is 0.556. The molecule has 1 fully saturated rings. The van der Waals surface area contributed by atoms with Gasteiger partial charge in [0.2, 0.25) is 0 Å². The Balaban J connectivity index is 2.12. The van der Waals surface area contributed by atoms with Gasteiger partial charge in [0.15, 0.2) is 0 Å². The van der Waals surface area contributed by atoms with Crippen LogP contribution in [0.5, 0.6) is 0 Å². The summed E-state index contributed by atoms with van der Waals surface area (Å²) in [5.41, 5.74) is 0. The van der Waals surface area contributed by atoms with Crippen LogP contribution in [0.25, 0.3) is 0 Å². The summed E-state index contributed by atoms with van der Waals surface area (Å²) in [7, 11) is 0. The monoisotopic (exact) mass is 200 g/mol. The lowest BCUT2D eigenvalue weighted by molar-refractivity contribution is -0.140. The molecule has 0 aromatic carbocycles. The minimum Gasteiger partial charge on any atom is -0.460 e. The number of aliphatic hydroxyl groups excluding tert-OH is 1. The molecule has 0 aromatic heterocycles. The molecule has 0 aliphatic heterocycles. The Labute approximate surface area is 81.3 Å². The first-order chi connectivity index (χ1) is 6.74. The molecule has 1 N–H and O–H groups in total. The normalized spacial score (nSPS) is 15.5. The Morgan fingerprint density at radius 2 is 2.14 bits per heavy atom. The third-order valence-corrected chi connectivity index (χ3v) is 1.63. The summed E-state index contributed by atoms with van der Waals surface area (Å²) in [6, 6.07) is 0. The van der Waals surface area contributed by atoms with Crippen LogP contribution in [0.2, 0.25) is 0 Å². The number of rotatable bonds is 5. The number of hydrogen-bond acceptors (Lipinski definition) is 5. The predicted molar refractivity (Wildman–Crippen MR) is 46.0 cm³/mol. The van der Waals surface area contributed by atoms with Crippen molar-refractivity contribution in [2.75, 3.05) is 13.2 Å². The van der Waals surface area contributed by atoms with Crippen molar-refractivity contribution in [3.05, 3.63) is 12.3 Å². The molecule has 0 amide bonds. The van der Waals surface area contributed by atoms with E-state index in [9.17, 15) is 9.59 Å². The highest BCUT2D eigenvalue weighted by Crippen LogP contribution is 2.29. The molecule has 14 heavy (non-hydrogen) atoms. The molecule has 0 unspecified atom stereocenters. The van der Waals surface area contributed by atoms with Crippen molar-refractivity contribution >= 4 is 11.9 Å². The van der Waals surface area contributed by atoms with Crippen molar-refractivity contribution in [2.24, 2.45) is 5.92 Å². The number of ether oxygens (including phenoxy) is 2. The van der Waals surface area contributed by atoms with Gasteiger partial charge in [-0.15, -0.1) is 0 Å². The second-order valence-corrected chi connectivity index (χ2v) is 2.91. The van der Waals surface area contributed by atoms with Crippen molar-refractivity contribution in [2.45, 2.75) is 12.8 Å². The predicted octanol–water partition coefficient (Wildman–Crippen LogP) is -0.0112. The molecule has 0 spiro atoms. The zero-order valence-corrected chi connectivity index (χ0v) is 7.64. The summed E-state index contributed by atoms with van der Waals surface area (Å²) in [6.45, 7) is -0.277. The van der Waals surface area contributed by atoms with Crippen LogP contribution in [0.4, 0.5) is 0 Å². The first kappa shape index (κ1) is 10.7. The molecule has 0 saturated heterocycles. The van der Waals surface area contributed by atoms with Crippen molar-refractivity contribution < 1.29 is 24.2 Å². The van der Waals surface area contributed by atoms with Crippen LogP contribution >= 0.6 is 0 Å². The molecule has 5 nitrogen and oxygen atoms in total. The standard InChI is InChI=1S/C9H12O5/c10-4-6-13-8(11)3-5-14-9(12)7-1-2-7/h3,5,7,10H,1-2,4,6H2/b5-3-. The summed E-state index contributed by atoms with van der Waals surface area (Å²) < 4.78 is 9.12. The molecular weight excluding hydrogens is 188 g/mol. The zero-order chi connectivity index (χ0) is 10.4. The van der Waals surface area contributed by atoms with E-state index in [1.54, 1.807) is 0 Å². The SMILES string of the molecule is O=C(/C=C\OC(=O)C1CC1)OCCO. The summed E-state index contributed by atoms with van der Waals surface area (Å²) in [5, 5.41) is 8.32. The Kier molecular flexibility index (Phi) is 4.12. The van der Waals surface area contributed by atoms with Crippen molar-refractivity contribution in [1.29, 1.82) is 0 Å². The number of esters is 2. The maximum absolute atomic E-state index is 10.9. The summed E-state index contributed by atoms with van der Waals surface area (Å²) in [5.74, 6) is -0.938. The van der Waals surface area contributed by atoms with Gasteiger partial charge in [0.05, 0.1) is 18.6 Å². The molecule has 0 heterocycles. The van der Waals surface area contributed by atoms with Gasteiger partial charge < -0.3 is 14.6 Å². The van der Waals surface area contributed by atoms with Gasteiger partial charge in [0.25, 0.3) is 0 Å². The van der Waals surface area contributed by atoms with Crippen LogP contribution in [-0.2, 0) is 19.1 Å². The molecule has 1 aliphatic carbocycles.